The Morgan fingerprint density at radius 1 is 0.909 bits per heavy atom. The second-order valence-corrected chi connectivity index (χ2v) is 7.85. The molecular weight excluding hydrogens is 420 g/mol. The zero-order valence-electron chi connectivity index (χ0n) is 18.3. The van der Waals surface area contributed by atoms with E-state index >= 15 is 0 Å². The van der Waals surface area contributed by atoms with Crippen LogP contribution in [0.3, 0.4) is 0 Å². The van der Waals surface area contributed by atoms with Crippen molar-refractivity contribution in [3.05, 3.63) is 89.1 Å². The number of hydrogen-bond acceptors (Lipinski definition) is 6. The second kappa shape index (κ2) is 8.35. The van der Waals surface area contributed by atoms with Crippen LogP contribution in [0.15, 0.2) is 72.4 Å². The number of carbonyl (C=O) groups is 2. The first kappa shape index (κ1) is 20.6. The van der Waals surface area contributed by atoms with E-state index < -0.39 is 0 Å². The minimum absolute atomic E-state index is 0.153. The Hall–Kier alpha value is -4.26. The van der Waals surface area contributed by atoms with Crippen molar-refractivity contribution in [2.75, 3.05) is 19.2 Å². The van der Waals surface area contributed by atoms with Crippen molar-refractivity contribution in [1.29, 1.82) is 0 Å². The van der Waals surface area contributed by atoms with Crippen LogP contribution in [0, 0.1) is 6.92 Å². The van der Waals surface area contributed by atoms with Crippen LogP contribution in [0.2, 0.25) is 0 Å². The Kier molecular flexibility index (Phi) is 5.22. The first-order valence-corrected chi connectivity index (χ1v) is 10.5. The molecular formula is C26H22N2O5. The van der Waals surface area contributed by atoms with Gasteiger partial charge < -0.3 is 19.5 Å². The topological polar surface area (TPSA) is 77.1 Å². The largest absolute Gasteiger partial charge is 0.497 e. The molecule has 0 saturated carbocycles. The summed E-state index contributed by atoms with van der Waals surface area (Å²) in [4.78, 5) is 28.2. The number of amides is 2. The highest BCUT2D eigenvalue weighted by Crippen LogP contribution is 2.37. The molecule has 0 unspecified atom stereocenters. The Labute approximate surface area is 191 Å². The molecule has 0 aromatic heterocycles. The van der Waals surface area contributed by atoms with Gasteiger partial charge in [0, 0.05) is 11.8 Å². The van der Waals surface area contributed by atoms with Crippen LogP contribution in [0.5, 0.6) is 17.2 Å². The van der Waals surface area contributed by atoms with Crippen LogP contribution in [0.25, 0.3) is 5.57 Å². The first-order chi connectivity index (χ1) is 16.0. The van der Waals surface area contributed by atoms with E-state index in [-0.39, 0.29) is 30.8 Å². The van der Waals surface area contributed by atoms with Crippen LogP contribution < -0.4 is 19.5 Å². The van der Waals surface area contributed by atoms with Gasteiger partial charge >= 0.3 is 0 Å². The molecule has 3 aromatic rings. The fourth-order valence-corrected chi connectivity index (χ4v) is 3.86. The fourth-order valence-electron chi connectivity index (χ4n) is 3.86. The summed E-state index contributed by atoms with van der Waals surface area (Å²) in [5, 5.41) is 3.15. The molecule has 0 spiro atoms. The molecule has 2 aliphatic rings. The van der Waals surface area contributed by atoms with Gasteiger partial charge in [-0.25, -0.2) is 0 Å². The van der Waals surface area contributed by atoms with Crippen LogP contribution >= 0.6 is 0 Å². The number of nitrogens with one attached hydrogen (secondary N) is 1. The number of imide groups is 1. The molecule has 0 fully saturated rings. The van der Waals surface area contributed by atoms with Gasteiger partial charge in [-0.3, -0.25) is 14.5 Å². The molecule has 0 bridgehead atoms. The summed E-state index contributed by atoms with van der Waals surface area (Å²) >= 11 is 0. The number of nitrogens with zero attached hydrogens (tertiary/aromatic N) is 1. The number of anilines is 1. The third kappa shape index (κ3) is 3.89. The van der Waals surface area contributed by atoms with Gasteiger partial charge in [-0.05, 0) is 42.3 Å². The maximum atomic E-state index is 13.5. The summed E-state index contributed by atoms with van der Waals surface area (Å²) in [6, 6.07) is 20.2. The lowest BCUT2D eigenvalue weighted by Gasteiger charge is -2.15. The number of rotatable bonds is 6. The van der Waals surface area contributed by atoms with E-state index in [1.165, 1.54) is 4.90 Å². The summed E-state index contributed by atoms with van der Waals surface area (Å²) < 4.78 is 16.0. The predicted molar refractivity (Wildman–Crippen MR) is 123 cm³/mol. The molecule has 7 heteroatoms. The van der Waals surface area contributed by atoms with Gasteiger partial charge in [0.2, 0.25) is 6.79 Å². The number of ether oxygens (including phenoxy) is 3. The fraction of sp³-hybridized carbons (Fsp3) is 0.154. The van der Waals surface area contributed by atoms with Crippen LogP contribution in [-0.2, 0) is 16.1 Å². The van der Waals surface area contributed by atoms with E-state index in [1.54, 1.807) is 49.6 Å². The van der Waals surface area contributed by atoms with Crippen molar-refractivity contribution in [2.45, 2.75) is 13.5 Å². The number of fused-ring (bicyclic) bond motifs is 1. The molecule has 33 heavy (non-hydrogen) atoms. The maximum absolute atomic E-state index is 13.5. The summed E-state index contributed by atoms with van der Waals surface area (Å²) in [7, 11) is 1.58. The molecule has 0 saturated heterocycles. The Morgan fingerprint density at radius 2 is 1.64 bits per heavy atom. The molecule has 5 rings (SSSR count). The number of methoxy groups -OCH3 is 1. The lowest BCUT2D eigenvalue weighted by Crippen LogP contribution is -2.32. The van der Waals surface area contributed by atoms with Crippen molar-refractivity contribution >= 4 is 23.1 Å². The molecule has 0 aliphatic carbocycles. The molecule has 3 aromatic carbocycles. The molecule has 2 aliphatic heterocycles. The minimum atomic E-state index is -0.385. The molecule has 2 heterocycles. The van der Waals surface area contributed by atoms with Crippen molar-refractivity contribution in [2.24, 2.45) is 0 Å². The quantitative estimate of drug-likeness (QED) is 0.579. The summed E-state index contributed by atoms with van der Waals surface area (Å²) in [5.41, 5.74) is 3.77. The molecule has 0 atom stereocenters. The van der Waals surface area contributed by atoms with Crippen molar-refractivity contribution in [3.8, 4) is 17.2 Å². The van der Waals surface area contributed by atoms with E-state index in [0.29, 0.717) is 34.1 Å². The highest BCUT2D eigenvalue weighted by Gasteiger charge is 2.39. The Morgan fingerprint density at radius 3 is 2.36 bits per heavy atom. The third-order valence-corrected chi connectivity index (χ3v) is 5.65. The Bertz CT molecular complexity index is 1260. The average Bonchev–Trinajstić information content (AvgIpc) is 3.39. The van der Waals surface area contributed by atoms with Crippen LogP contribution in [0.1, 0.15) is 16.7 Å². The van der Waals surface area contributed by atoms with E-state index in [1.807, 2.05) is 31.2 Å². The van der Waals surface area contributed by atoms with E-state index in [2.05, 4.69) is 5.32 Å². The van der Waals surface area contributed by atoms with Crippen LogP contribution in [-0.4, -0.2) is 30.6 Å². The first-order valence-electron chi connectivity index (χ1n) is 10.5. The van der Waals surface area contributed by atoms with Crippen molar-refractivity contribution < 1.29 is 23.8 Å². The molecule has 0 radical (unpaired) electrons. The van der Waals surface area contributed by atoms with Gasteiger partial charge in [0.1, 0.15) is 11.4 Å². The van der Waals surface area contributed by atoms with E-state index in [4.69, 9.17) is 14.2 Å². The highest BCUT2D eigenvalue weighted by atomic mass is 16.7. The molecule has 2 amide bonds. The zero-order valence-corrected chi connectivity index (χ0v) is 18.3. The maximum Gasteiger partial charge on any atom is 0.278 e. The summed E-state index contributed by atoms with van der Waals surface area (Å²) in [6.07, 6.45) is 0. The number of carbonyl (C=O) groups excluding carboxylic acids is 2. The summed E-state index contributed by atoms with van der Waals surface area (Å²) in [5.74, 6) is 1.15. The van der Waals surface area contributed by atoms with Gasteiger partial charge in [-0.2, -0.15) is 0 Å². The van der Waals surface area contributed by atoms with Gasteiger partial charge in [0.25, 0.3) is 11.8 Å². The van der Waals surface area contributed by atoms with Gasteiger partial charge in [0.05, 0.1) is 19.2 Å². The van der Waals surface area contributed by atoms with Gasteiger partial charge in [-0.15, -0.1) is 0 Å². The van der Waals surface area contributed by atoms with Crippen molar-refractivity contribution in [1.82, 2.24) is 4.90 Å². The second-order valence-electron chi connectivity index (χ2n) is 7.85. The van der Waals surface area contributed by atoms with Crippen LogP contribution in [0.4, 0.5) is 5.69 Å². The third-order valence-electron chi connectivity index (χ3n) is 5.65. The molecule has 7 nitrogen and oxygen atoms in total. The van der Waals surface area contributed by atoms with Crippen molar-refractivity contribution in [3.63, 3.8) is 0 Å². The van der Waals surface area contributed by atoms with Gasteiger partial charge in [0.15, 0.2) is 11.5 Å². The lowest BCUT2D eigenvalue weighted by atomic mass is 10.0. The van der Waals surface area contributed by atoms with E-state index in [9.17, 15) is 9.59 Å². The van der Waals surface area contributed by atoms with E-state index in [0.717, 1.165) is 11.1 Å². The zero-order chi connectivity index (χ0) is 22.9. The summed E-state index contributed by atoms with van der Waals surface area (Å²) in [6.45, 7) is 2.33. The Balaban J connectivity index is 1.52. The number of aryl methyl sites for hydroxylation is 1. The lowest BCUT2D eigenvalue weighted by molar-refractivity contribution is -0.137. The predicted octanol–water partition coefficient (Wildman–Crippen LogP) is 4.12. The minimum Gasteiger partial charge on any atom is -0.497 e. The standard InChI is InChI=1S/C26H22N2O5/c1-16-3-5-17(6-4-16)14-28-25(29)23(18-7-10-20(31-2)11-8-18)24(26(28)30)27-19-9-12-21-22(13-19)33-15-32-21/h3-13,27H,14-15H2,1-2H3. The number of hydrogen-bond donors (Lipinski definition) is 1. The SMILES string of the molecule is COc1ccc(C2=C(Nc3ccc4c(c3)OCO4)C(=O)N(Cc3ccc(C)cc3)C2=O)cc1. The number of benzene rings is 3. The van der Waals surface area contributed by atoms with Gasteiger partial charge in [-0.1, -0.05) is 42.0 Å². The normalized spacial score (nSPS) is 14.8. The molecule has 166 valence electrons. The monoisotopic (exact) mass is 442 g/mol. The highest BCUT2D eigenvalue weighted by molar-refractivity contribution is 6.36. The molecule has 1 N–H and O–H groups in total. The smallest absolute Gasteiger partial charge is 0.278 e. The average molecular weight is 442 g/mol.